The standard InChI is InChI=1S/C25H25N5O3/c1-15(2)27-24-10-7-20(25(32)30(24)4)22-8-5-17-13-18(6-9-21(17)29-22)33-19-11-12-26-23(14-19)28-16(3)31/h5-15,27H,1-4H3,(H,26,28,31). The number of benzene rings is 1. The van der Waals surface area contributed by atoms with Crippen molar-refractivity contribution in [1.29, 1.82) is 0 Å². The Labute approximate surface area is 191 Å². The molecule has 4 aromatic rings. The van der Waals surface area contributed by atoms with Crippen molar-refractivity contribution >= 4 is 28.4 Å². The average molecular weight is 444 g/mol. The van der Waals surface area contributed by atoms with E-state index in [0.717, 1.165) is 16.7 Å². The van der Waals surface area contributed by atoms with Crippen molar-refractivity contribution in [2.24, 2.45) is 7.05 Å². The fourth-order valence-electron chi connectivity index (χ4n) is 3.45. The summed E-state index contributed by atoms with van der Waals surface area (Å²) in [7, 11) is 1.75. The molecular weight excluding hydrogens is 418 g/mol. The number of nitrogens with one attached hydrogen (secondary N) is 2. The first-order chi connectivity index (χ1) is 15.8. The van der Waals surface area contributed by atoms with Crippen LogP contribution < -0.4 is 20.9 Å². The number of nitrogens with zero attached hydrogens (tertiary/aromatic N) is 3. The molecule has 3 heterocycles. The van der Waals surface area contributed by atoms with Crippen LogP contribution in [0.25, 0.3) is 22.2 Å². The van der Waals surface area contributed by atoms with Crippen LogP contribution in [0.1, 0.15) is 20.8 Å². The smallest absolute Gasteiger partial charge is 0.261 e. The highest BCUT2D eigenvalue weighted by molar-refractivity contribution is 5.87. The van der Waals surface area contributed by atoms with Gasteiger partial charge < -0.3 is 15.4 Å². The van der Waals surface area contributed by atoms with Gasteiger partial charge in [-0.25, -0.2) is 9.97 Å². The second-order valence-electron chi connectivity index (χ2n) is 8.01. The number of anilines is 2. The largest absolute Gasteiger partial charge is 0.457 e. The first-order valence-corrected chi connectivity index (χ1v) is 10.6. The predicted molar refractivity (Wildman–Crippen MR) is 130 cm³/mol. The molecule has 0 aliphatic carbocycles. The molecular formula is C25H25N5O3. The van der Waals surface area contributed by atoms with Crippen molar-refractivity contribution in [3.8, 4) is 22.8 Å². The summed E-state index contributed by atoms with van der Waals surface area (Å²) >= 11 is 0. The zero-order valence-corrected chi connectivity index (χ0v) is 18.9. The summed E-state index contributed by atoms with van der Waals surface area (Å²) < 4.78 is 7.52. The Balaban J connectivity index is 1.61. The number of carbonyl (C=O) groups is 1. The number of aromatic nitrogens is 3. The minimum atomic E-state index is -0.201. The molecule has 168 valence electrons. The first kappa shape index (κ1) is 22.0. The van der Waals surface area contributed by atoms with Gasteiger partial charge in [-0.15, -0.1) is 0 Å². The lowest BCUT2D eigenvalue weighted by Gasteiger charge is -2.15. The Morgan fingerprint density at radius 3 is 2.58 bits per heavy atom. The van der Waals surface area contributed by atoms with Crippen LogP contribution in [0.5, 0.6) is 11.5 Å². The van der Waals surface area contributed by atoms with E-state index < -0.39 is 0 Å². The molecule has 2 N–H and O–H groups in total. The van der Waals surface area contributed by atoms with Gasteiger partial charge >= 0.3 is 0 Å². The molecule has 33 heavy (non-hydrogen) atoms. The lowest BCUT2D eigenvalue weighted by Crippen LogP contribution is -2.24. The van der Waals surface area contributed by atoms with Crippen molar-refractivity contribution in [2.75, 3.05) is 10.6 Å². The van der Waals surface area contributed by atoms with Crippen molar-refractivity contribution in [3.05, 3.63) is 71.1 Å². The zero-order valence-electron chi connectivity index (χ0n) is 18.9. The van der Waals surface area contributed by atoms with Gasteiger partial charge in [-0.2, -0.15) is 0 Å². The van der Waals surface area contributed by atoms with Gasteiger partial charge in [-0.3, -0.25) is 14.2 Å². The number of amides is 1. The Morgan fingerprint density at radius 1 is 1.03 bits per heavy atom. The molecule has 1 amide bonds. The quantitative estimate of drug-likeness (QED) is 0.453. The highest BCUT2D eigenvalue weighted by Gasteiger charge is 2.11. The third kappa shape index (κ3) is 5.01. The van der Waals surface area contributed by atoms with E-state index in [-0.39, 0.29) is 17.5 Å². The summed E-state index contributed by atoms with van der Waals surface area (Å²) in [6, 6.07) is 16.6. The second-order valence-corrected chi connectivity index (χ2v) is 8.01. The molecule has 0 unspecified atom stereocenters. The third-order valence-corrected chi connectivity index (χ3v) is 4.95. The molecule has 0 aliphatic rings. The summed E-state index contributed by atoms with van der Waals surface area (Å²) in [5.74, 6) is 2.16. The van der Waals surface area contributed by atoms with Crippen LogP contribution in [-0.4, -0.2) is 26.5 Å². The van der Waals surface area contributed by atoms with Gasteiger partial charge in [-0.05, 0) is 56.3 Å². The Bertz CT molecular complexity index is 1390. The topological polar surface area (TPSA) is 98.1 Å². The summed E-state index contributed by atoms with van der Waals surface area (Å²) in [4.78, 5) is 32.9. The Morgan fingerprint density at radius 2 is 1.82 bits per heavy atom. The lowest BCUT2D eigenvalue weighted by molar-refractivity contribution is -0.114. The minimum Gasteiger partial charge on any atom is -0.457 e. The van der Waals surface area contributed by atoms with Gasteiger partial charge in [0.2, 0.25) is 5.91 Å². The maximum Gasteiger partial charge on any atom is 0.261 e. The van der Waals surface area contributed by atoms with E-state index in [2.05, 4.69) is 20.6 Å². The third-order valence-electron chi connectivity index (χ3n) is 4.95. The number of hydrogen-bond acceptors (Lipinski definition) is 6. The molecule has 4 rings (SSSR count). The molecule has 0 saturated heterocycles. The maximum absolute atomic E-state index is 12.9. The van der Waals surface area contributed by atoms with Gasteiger partial charge in [0.1, 0.15) is 23.1 Å². The molecule has 8 heteroatoms. The van der Waals surface area contributed by atoms with Crippen molar-refractivity contribution in [2.45, 2.75) is 26.8 Å². The molecule has 0 fully saturated rings. The molecule has 0 radical (unpaired) electrons. The molecule has 0 bridgehead atoms. The van der Waals surface area contributed by atoms with E-state index in [4.69, 9.17) is 4.74 Å². The molecule has 0 aliphatic heterocycles. The van der Waals surface area contributed by atoms with E-state index in [1.165, 1.54) is 6.92 Å². The lowest BCUT2D eigenvalue weighted by atomic mass is 10.1. The van der Waals surface area contributed by atoms with E-state index in [0.29, 0.717) is 28.6 Å². The van der Waals surface area contributed by atoms with Crippen LogP contribution in [-0.2, 0) is 11.8 Å². The molecule has 0 atom stereocenters. The monoisotopic (exact) mass is 443 g/mol. The van der Waals surface area contributed by atoms with Crippen LogP contribution in [0.2, 0.25) is 0 Å². The van der Waals surface area contributed by atoms with Gasteiger partial charge in [-0.1, -0.05) is 6.07 Å². The molecule has 0 spiro atoms. The number of rotatable bonds is 6. The maximum atomic E-state index is 12.9. The van der Waals surface area contributed by atoms with Crippen molar-refractivity contribution < 1.29 is 9.53 Å². The van der Waals surface area contributed by atoms with Crippen molar-refractivity contribution in [1.82, 2.24) is 14.5 Å². The van der Waals surface area contributed by atoms with Crippen LogP contribution in [0.3, 0.4) is 0 Å². The number of fused-ring (bicyclic) bond motifs is 1. The summed E-state index contributed by atoms with van der Waals surface area (Å²) in [5.41, 5.74) is 1.79. The van der Waals surface area contributed by atoms with Crippen molar-refractivity contribution in [3.63, 3.8) is 0 Å². The SMILES string of the molecule is CC(=O)Nc1cc(Oc2ccc3nc(-c4ccc(NC(C)C)n(C)c4=O)ccc3c2)ccn1. The average Bonchev–Trinajstić information content (AvgIpc) is 2.76. The van der Waals surface area contributed by atoms with E-state index >= 15 is 0 Å². The summed E-state index contributed by atoms with van der Waals surface area (Å²) in [6.07, 6.45) is 1.57. The summed E-state index contributed by atoms with van der Waals surface area (Å²) in [5, 5.41) is 6.77. The van der Waals surface area contributed by atoms with Gasteiger partial charge in [0, 0.05) is 37.7 Å². The second kappa shape index (κ2) is 9.12. The molecule has 8 nitrogen and oxygen atoms in total. The number of ether oxygens (including phenoxy) is 1. The van der Waals surface area contributed by atoms with E-state index in [1.807, 2.05) is 50.2 Å². The highest BCUT2D eigenvalue weighted by Crippen LogP contribution is 2.27. The van der Waals surface area contributed by atoms with Crippen LogP contribution >= 0.6 is 0 Å². The molecule has 3 aromatic heterocycles. The van der Waals surface area contributed by atoms with Gasteiger partial charge in [0.05, 0.1) is 16.8 Å². The molecule has 0 saturated carbocycles. The van der Waals surface area contributed by atoms with Gasteiger partial charge in [0.15, 0.2) is 0 Å². The normalized spacial score (nSPS) is 10.9. The van der Waals surface area contributed by atoms with Crippen LogP contribution in [0.15, 0.2) is 65.6 Å². The predicted octanol–water partition coefficient (Wildman–Crippen LogP) is 4.57. The number of carbonyl (C=O) groups excluding carboxylic acids is 1. The molecule has 1 aromatic carbocycles. The number of pyridine rings is 3. The fourth-order valence-corrected chi connectivity index (χ4v) is 3.45. The van der Waals surface area contributed by atoms with E-state index in [9.17, 15) is 9.59 Å². The van der Waals surface area contributed by atoms with Crippen LogP contribution in [0.4, 0.5) is 11.6 Å². The Kier molecular flexibility index (Phi) is 6.08. The Hall–Kier alpha value is -4.20. The van der Waals surface area contributed by atoms with E-state index in [1.54, 1.807) is 36.0 Å². The van der Waals surface area contributed by atoms with Gasteiger partial charge in [0.25, 0.3) is 5.56 Å². The highest BCUT2D eigenvalue weighted by atomic mass is 16.5. The van der Waals surface area contributed by atoms with Crippen LogP contribution in [0, 0.1) is 0 Å². The fraction of sp³-hybridized carbons (Fsp3) is 0.200. The number of hydrogen-bond donors (Lipinski definition) is 2. The first-order valence-electron chi connectivity index (χ1n) is 10.6. The minimum absolute atomic E-state index is 0.111. The summed E-state index contributed by atoms with van der Waals surface area (Å²) in [6.45, 7) is 5.47. The zero-order chi connectivity index (χ0) is 23.5.